The third kappa shape index (κ3) is 4.84. The first kappa shape index (κ1) is 16.0. The molecule has 1 aromatic heterocycles. The first-order chi connectivity index (χ1) is 8.50. The van der Waals surface area contributed by atoms with E-state index in [1.54, 1.807) is 0 Å². The number of aryl methyl sites for hydroxylation is 1. The van der Waals surface area contributed by atoms with E-state index < -0.39 is 24.8 Å². The van der Waals surface area contributed by atoms with Gasteiger partial charge in [-0.25, -0.2) is 16.8 Å². The number of sulfone groups is 1. The normalized spacial score (nSPS) is 12.4. The number of hydrogen-bond acceptors (Lipinski definition) is 6. The quantitative estimate of drug-likeness (QED) is 0.777. The van der Waals surface area contributed by atoms with Crippen molar-refractivity contribution in [2.24, 2.45) is 0 Å². The lowest BCUT2D eigenvalue weighted by atomic mass is 10.4. The molecule has 7 nitrogen and oxygen atoms in total. The fourth-order valence-corrected chi connectivity index (χ4v) is 2.82. The van der Waals surface area contributed by atoms with Crippen LogP contribution in [0.4, 0.5) is 0 Å². The van der Waals surface area contributed by atoms with Crippen molar-refractivity contribution < 1.29 is 26.0 Å². The van der Waals surface area contributed by atoms with Crippen LogP contribution in [0.15, 0.2) is 15.4 Å². The zero-order valence-corrected chi connectivity index (χ0v) is 12.5. The van der Waals surface area contributed by atoms with E-state index in [4.69, 9.17) is 15.1 Å². The van der Waals surface area contributed by atoms with Crippen LogP contribution in [0.1, 0.15) is 16.3 Å². The van der Waals surface area contributed by atoms with Gasteiger partial charge in [-0.3, -0.25) is 4.79 Å². The Morgan fingerprint density at radius 2 is 1.95 bits per heavy atom. The van der Waals surface area contributed by atoms with Gasteiger partial charge in [0.1, 0.15) is 20.5 Å². The highest BCUT2D eigenvalue weighted by Crippen LogP contribution is 2.23. The van der Waals surface area contributed by atoms with Crippen molar-refractivity contribution in [3.63, 3.8) is 0 Å². The predicted molar refractivity (Wildman–Crippen MR) is 68.5 cm³/mol. The minimum atomic E-state index is -3.99. The van der Waals surface area contributed by atoms with Crippen LogP contribution in [0.5, 0.6) is 0 Å². The maximum Gasteiger partial charge on any atom is 0.287 e. The van der Waals surface area contributed by atoms with Gasteiger partial charge in [0.15, 0.2) is 5.76 Å². The Morgan fingerprint density at radius 3 is 2.37 bits per heavy atom. The Morgan fingerprint density at radius 1 is 1.37 bits per heavy atom. The highest BCUT2D eigenvalue weighted by Gasteiger charge is 2.22. The fraction of sp³-hybridized carbons (Fsp3) is 0.444. The molecule has 0 bridgehead atoms. The van der Waals surface area contributed by atoms with Gasteiger partial charge >= 0.3 is 0 Å². The van der Waals surface area contributed by atoms with E-state index in [1.165, 1.54) is 6.92 Å². The van der Waals surface area contributed by atoms with E-state index in [2.05, 4.69) is 5.32 Å². The van der Waals surface area contributed by atoms with Crippen molar-refractivity contribution >= 4 is 35.5 Å². The SMILES string of the molecule is Cc1oc(C(=O)NCCS(C)(=O)=O)cc1S(=O)(=O)Cl. The van der Waals surface area contributed by atoms with E-state index in [9.17, 15) is 21.6 Å². The minimum absolute atomic E-state index is 0.0109. The molecule has 0 radical (unpaired) electrons. The molecule has 1 amide bonds. The average molecular weight is 330 g/mol. The van der Waals surface area contributed by atoms with Crippen LogP contribution in [0.3, 0.4) is 0 Å². The van der Waals surface area contributed by atoms with Gasteiger partial charge in [-0.15, -0.1) is 0 Å². The summed E-state index contributed by atoms with van der Waals surface area (Å²) in [5.41, 5.74) is 0. The van der Waals surface area contributed by atoms with Gasteiger partial charge in [-0.05, 0) is 6.92 Å². The van der Waals surface area contributed by atoms with Crippen LogP contribution in [-0.2, 0) is 18.9 Å². The Balaban J connectivity index is 2.80. The van der Waals surface area contributed by atoms with Crippen molar-refractivity contribution in [2.75, 3.05) is 18.6 Å². The fourth-order valence-electron chi connectivity index (χ4n) is 1.26. The predicted octanol–water partition coefficient (Wildman–Crippen LogP) is 0.290. The number of hydrogen-bond donors (Lipinski definition) is 1. The summed E-state index contributed by atoms with van der Waals surface area (Å²) in [7, 11) is -2.03. The first-order valence-corrected chi connectivity index (χ1v) is 9.39. The van der Waals surface area contributed by atoms with Gasteiger partial charge in [0, 0.05) is 29.5 Å². The summed E-state index contributed by atoms with van der Waals surface area (Å²) >= 11 is 0. The molecule has 0 fully saturated rings. The number of carbonyl (C=O) groups is 1. The number of furan rings is 1. The lowest BCUT2D eigenvalue weighted by molar-refractivity contribution is 0.0927. The summed E-state index contributed by atoms with van der Waals surface area (Å²) in [6.45, 7) is 1.25. The first-order valence-electron chi connectivity index (χ1n) is 5.02. The van der Waals surface area contributed by atoms with E-state index in [-0.39, 0.29) is 28.7 Å². The molecule has 0 aromatic carbocycles. The van der Waals surface area contributed by atoms with Gasteiger partial charge in [0.25, 0.3) is 15.0 Å². The summed E-state index contributed by atoms with van der Waals surface area (Å²) in [5.74, 6) is -1.19. The Hall–Kier alpha value is -1.06. The zero-order chi connectivity index (χ0) is 14.8. The molecule has 0 aliphatic rings. The second kappa shape index (κ2) is 5.51. The number of carbonyl (C=O) groups excluding carboxylic acids is 1. The van der Waals surface area contributed by atoms with E-state index in [0.29, 0.717) is 0 Å². The molecule has 1 rings (SSSR count). The molecule has 0 atom stereocenters. The largest absolute Gasteiger partial charge is 0.455 e. The van der Waals surface area contributed by atoms with Gasteiger partial charge in [-0.1, -0.05) is 0 Å². The van der Waals surface area contributed by atoms with Crippen molar-refractivity contribution in [2.45, 2.75) is 11.8 Å². The summed E-state index contributed by atoms with van der Waals surface area (Å²) in [5, 5.41) is 2.30. The molecule has 1 aromatic rings. The molecule has 1 heterocycles. The van der Waals surface area contributed by atoms with Crippen LogP contribution in [-0.4, -0.2) is 41.3 Å². The second-order valence-electron chi connectivity index (χ2n) is 3.85. The number of amides is 1. The van der Waals surface area contributed by atoms with Gasteiger partial charge in [-0.2, -0.15) is 0 Å². The van der Waals surface area contributed by atoms with Crippen LogP contribution in [0.25, 0.3) is 0 Å². The van der Waals surface area contributed by atoms with E-state index >= 15 is 0 Å². The summed E-state index contributed by atoms with van der Waals surface area (Å²) in [4.78, 5) is 11.3. The smallest absolute Gasteiger partial charge is 0.287 e. The average Bonchev–Trinajstić information content (AvgIpc) is 2.57. The Kier molecular flexibility index (Phi) is 4.64. The molecule has 108 valence electrons. The highest BCUT2D eigenvalue weighted by atomic mass is 35.7. The van der Waals surface area contributed by atoms with Gasteiger partial charge < -0.3 is 9.73 Å². The summed E-state index contributed by atoms with van der Waals surface area (Å²) in [6.07, 6.45) is 1.04. The molecular weight excluding hydrogens is 318 g/mol. The molecule has 10 heteroatoms. The van der Waals surface area contributed by atoms with Crippen LogP contribution < -0.4 is 5.32 Å². The summed E-state index contributed by atoms with van der Waals surface area (Å²) < 4.78 is 49.0. The molecule has 0 unspecified atom stereocenters. The maximum atomic E-state index is 11.6. The van der Waals surface area contributed by atoms with Gasteiger partial charge in [0.2, 0.25) is 0 Å². The van der Waals surface area contributed by atoms with Gasteiger partial charge in [0.05, 0.1) is 5.75 Å². The second-order valence-corrected chi connectivity index (χ2v) is 8.65. The van der Waals surface area contributed by atoms with Crippen LogP contribution >= 0.6 is 10.7 Å². The number of nitrogens with one attached hydrogen (secondary N) is 1. The third-order valence-electron chi connectivity index (χ3n) is 2.12. The Bertz CT molecular complexity index is 688. The van der Waals surface area contributed by atoms with Crippen LogP contribution in [0, 0.1) is 6.92 Å². The number of rotatable bonds is 5. The maximum absolute atomic E-state index is 11.6. The minimum Gasteiger partial charge on any atom is -0.455 e. The third-order valence-corrected chi connectivity index (χ3v) is 4.49. The lowest BCUT2D eigenvalue weighted by Gasteiger charge is -2.01. The molecule has 19 heavy (non-hydrogen) atoms. The standard InChI is InChI=1S/C9H12ClNO6S2/c1-6-8(19(10,15)16)5-7(17-6)9(12)11-3-4-18(2,13)14/h5H,3-4H2,1-2H3,(H,11,12). The van der Waals surface area contributed by atoms with Crippen molar-refractivity contribution in [1.29, 1.82) is 0 Å². The molecular formula is C9H12ClNO6S2. The van der Waals surface area contributed by atoms with Crippen molar-refractivity contribution in [1.82, 2.24) is 5.32 Å². The molecule has 0 aliphatic carbocycles. The monoisotopic (exact) mass is 329 g/mol. The lowest BCUT2D eigenvalue weighted by Crippen LogP contribution is -2.28. The van der Waals surface area contributed by atoms with Crippen molar-refractivity contribution in [3.8, 4) is 0 Å². The zero-order valence-electron chi connectivity index (χ0n) is 10.1. The molecule has 0 saturated carbocycles. The van der Waals surface area contributed by atoms with Crippen molar-refractivity contribution in [3.05, 3.63) is 17.6 Å². The summed E-state index contributed by atoms with van der Waals surface area (Å²) in [6, 6.07) is 0.993. The molecule has 0 spiro atoms. The van der Waals surface area contributed by atoms with E-state index in [1.807, 2.05) is 0 Å². The number of halogens is 1. The van der Waals surface area contributed by atoms with E-state index in [0.717, 1.165) is 12.3 Å². The van der Waals surface area contributed by atoms with Crippen LogP contribution in [0.2, 0.25) is 0 Å². The molecule has 0 aliphatic heterocycles. The topological polar surface area (TPSA) is 111 Å². The molecule has 0 saturated heterocycles. The highest BCUT2D eigenvalue weighted by molar-refractivity contribution is 8.13. The Labute approximate surface area is 115 Å². The molecule has 1 N–H and O–H groups in total.